The van der Waals surface area contributed by atoms with E-state index in [-0.39, 0.29) is 16.8 Å². The predicted octanol–water partition coefficient (Wildman–Crippen LogP) is 4.66. The van der Waals surface area contributed by atoms with Gasteiger partial charge in [0.25, 0.3) is 0 Å². The van der Waals surface area contributed by atoms with Crippen molar-refractivity contribution in [3.63, 3.8) is 0 Å². The van der Waals surface area contributed by atoms with Crippen molar-refractivity contribution >= 4 is 23.2 Å². The van der Waals surface area contributed by atoms with E-state index in [1.807, 2.05) is 25.4 Å². The molecule has 2 saturated heterocycles. The maximum Gasteiger partial charge on any atom is 0.188 e. The molecule has 0 saturated carbocycles. The number of allylic oxidation sites excluding steroid dienone is 1. The first-order valence-corrected chi connectivity index (χ1v) is 11.3. The number of thioether (sulfide) groups is 1. The van der Waals surface area contributed by atoms with Gasteiger partial charge in [-0.2, -0.15) is 0 Å². The molecule has 0 atom stereocenters. The van der Waals surface area contributed by atoms with Gasteiger partial charge in [-0.05, 0) is 56.4 Å². The van der Waals surface area contributed by atoms with Crippen LogP contribution in [0, 0.1) is 24.0 Å². The lowest BCUT2D eigenvalue weighted by atomic mass is 9.73. The lowest BCUT2D eigenvalue weighted by Crippen LogP contribution is -2.62. The normalized spacial score (nSPS) is 18.5. The SMILES string of the molecule is CSC(=CC(=O)c1ccc(F)c(F)c1)N1CCCC2(C1)CN(c1ccnc(C)c1)C2. The van der Waals surface area contributed by atoms with E-state index in [1.165, 1.54) is 29.9 Å². The molecule has 1 spiro atoms. The standard InChI is InChI=1S/C23H25F2N3OS/c1-16-10-18(6-8-26-16)28-14-23(15-28)7-3-9-27(13-23)22(30-2)12-21(29)17-4-5-19(24)20(25)11-17/h4-6,8,10-12H,3,7,9,13-15H2,1-2H3. The monoisotopic (exact) mass is 429 g/mol. The molecular weight excluding hydrogens is 404 g/mol. The Morgan fingerprint density at radius 3 is 2.67 bits per heavy atom. The molecule has 0 aliphatic carbocycles. The number of rotatable bonds is 5. The van der Waals surface area contributed by atoms with Gasteiger partial charge in [-0.1, -0.05) is 0 Å². The highest BCUT2D eigenvalue weighted by Gasteiger charge is 2.46. The number of halogens is 2. The topological polar surface area (TPSA) is 36.4 Å². The fourth-order valence-corrected chi connectivity index (χ4v) is 5.09. The molecule has 0 radical (unpaired) electrons. The van der Waals surface area contributed by atoms with Gasteiger partial charge in [0.2, 0.25) is 0 Å². The summed E-state index contributed by atoms with van der Waals surface area (Å²) in [5, 5.41) is 0.877. The zero-order valence-electron chi connectivity index (χ0n) is 17.2. The number of ketones is 1. The van der Waals surface area contributed by atoms with Crippen LogP contribution in [-0.4, -0.2) is 48.1 Å². The van der Waals surface area contributed by atoms with E-state index in [2.05, 4.69) is 20.9 Å². The predicted molar refractivity (Wildman–Crippen MR) is 117 cm³/mol. The molecule has 3 heterocycles. The van der Waals surface area contributed by atoms with Crippen LogP contribution in [-0.2, 0) is 0 Å². The van der Waals surface area contributed by atoms with E-state index < -0.39 is 11.6 Å². The molecule has 4 rings (SSSR count). The highest BCUT2D eigenvalue weighted by Crippen LogP contribution is 2.43. The van der Waals surface area contributed by atoms with Crippen LogP contribution < -0.4 is 4.90 Å². The molecule has 0 N–H and O–H groups in total. The van der Waals surface area contributed by atoms with Crippen LogP contribution in [0.2, 0.25) is 0 Å². The van der Waals surface area contributed by atoms with Gasteiger partial charge in [-0.15, -0.1) is 11.8 Å². The van der Waals surface area contributed by atoms with Crippen LogP contribution in [0.4, 0.5) is 14.5 Å². The molecule has 158 valence electrons. The molecule has 7 heteroatoms. The molecule has 30 heavy (non-hydrogen) atoms. The summed E-state index contributed by atoms with van der Waals surface area (Å²) in [4.78, 5) is 21.5. The third-order valence-electron chi connectivity index (χ3n) is 5.94. The first-order valence-electron chi connectivity index (χ1n) is 10.1. The highest BCUT2D eigenvalue weighted by molar-refractivity contribution is 8.02. The average Bonchev–Trinajstić information content (AvgIpc) is 2.72. The second-order valence-corrected chi connectivity index (χ2v) is 9.04. The maximum atomic E-state index is 13.5. The van der Waals surface area contributed by atoms with Gasteiger partial charge in [0.1, 0.15) is 0 Å². The van der Waals surface area contributed by atoms with E-state index in [0.717, 1.165) is 55.5 Å². The Labute approximate surface area is 180 Å². The van der Waals surface area contributed by atoms with E-state index in [0.29, 0.717) is 0 Å². The van der Waals surface area contributed by atoms with Crippen LogP contribution in [0.1, 0.15) is 28.9 Å². The summed E-state index contributed by atoms with van der Waals surface area (Å²) in [6.07, 6.45) is 7.59. The summed E-state index contributed by atoms with van der Waals surface area (Å²) in [7, 11) is 0. The van der Waals surface area contributed by atoms with Crippen molar-refractivity contribution in [2.75, 3.05) is 37.3 Å². The molecule has 2 aromatic rings. The minimum absolute atomic E-state index is 0.162. The number of piperidine rings is 1. The zero-order chi connectivity index (χ0) is 21.3. The van der Waals surface area contributed by atoms with Crippen LogP contribution in [0.5, 0.6) is 0 Å². The van der Waals surface area contributed by atoms with Crippen molar-refractivity contribution in [3.05, 3.63) is 70.5 Å². The molecule has 0 unspecified atom stereocenters. The summed E-state index contributed by atoms with van der Waals surface area (Å²) in [6, 6.07) is 7.45. The Bertz CT molecular complexity index is 988. The Balaban J connectivity index is 1.46. The summed E-state index contributed by atoms with van der Waals surface area (Å²) in [6.45, 7) is 5.78. The number of benzene rings is 1. The largest absolute Gasteiger partial charge is 0.370 e. The maximum absolute atomic E-state index is 13.5. The zero-order valence-corrected chi connectivity index (χ0v) is 18.0. The molecule has 1 aromatic heterocycles. The quantitative estimate of drug-likeness (QED) is 0.511. The van der Waals surface area contributed by atoms with Gasteiger partial charge in [-0.3, -0.25) is 9.78 Å². The molecule has 2 fully saturated rings. The van der Waals surface area contributed by atoms with Crippen molar-refractivity contribution in [2.45, 2.75) is 19.8 Å². The number of carbonyl (C=O) groups excluding carboxylic acids is 1. The Hall–Kier alpha value is -2.41. The number of nitrogens with zero attached hydrogens (tertiary/aromatic N) is 3. The first-order chi connectivity index (χ1) is 14.4. The van der Waals surface area contributed by atoms with Crippen molar-refractivity contribution in [1.82, 2.24) is 9.88 Å². The number of aryl methyl sites for hydroxylation is 1. The smallest absolute Gasteiger partial charge is 0.188 e. The van der Waals surface area contributed by atoms with Crippen molar-refractivity contribution in [2.24, 2.45) is 5.41 Å². The highest BCUT2D eigenvalue weighted by atomic mass is 32.2. The minimum atomic E-state index is -1.00. The van der Waals surface area contributed by atoms with Crippen molar-refractivity contribution < 1.29 is 13.6 Å². The Morgan fingerprint density at radius 2 is 1.97 bits per heavy atom. The fraction of sp³-hybridized carbons (Fsp3) is 0.391. The van der Waals surface area contributed by atoms with E-state index in [9.17, 15) is 13.6 Å². The Kier molecular flexibility index (Phi) is 5.82. The average molecular weight is 430 g/mol. The van der Waals surface area contributed by atoms with Crippen LogP contribution in [0.3, 0.4) is 0 Å². The third kappa shape index (κ3) is 4.21. The van der Waals surface area contributed by atoms with Gasteiger partial charge >= 0.3 is 0 Å². The van der Waals surface area contributed by atoms with Crippen molar-refractivity contribution in [1.29, 1.82) is 0 Å². The van der Waals surface area contributed by atoms with Gasteiger partial charge in [0, 0.05) is 60.8 Å². The lowest BCUT2D eigenvalue weighted by molar-refractivity contribution is 0.0869. The molecule has 2 aliphatic rings. The number of aromatic nitrogens is 1. The number of hydrogen-bond donors (Lipinski definition) is 0. The minimum Gasteiger partial charge on any atom is -0.370 e. The number of hydrogen-bond acceptors (Lipinski definition) is 5. The van der Waals surface area contributed by atoms with E-state index >= 15 is 0 Å². The Morgan fingerprint density at radius 1 is 1.17 bits per heavy atom. The van der Waals surface area contributed by atoms with E-state index in [1.54, 1.807) is 6.08 Å². The molecule has 2 aliphatic heterocycles. The summed E-state index contributed by atoms with van der Waals surface area (Å²) in [5.74, 6) is -2.25. The van der Waals surface area contributed by atoms with Gasteiger partial charge < -0.3 is 9.80 Å². The summed E-state index contributed by atoms with van der Waals surface area (Å²) >= 11 is 1.52. The number of pyridine rings is 1. The van der Waals surface area contributed by atoms with Gasteiger partial charge in [-0.25, -0.2) is 8.78 Å². The molecule has 4 nitrogen and oxygen atoms in total. The van der Waals surface area contributed by atoms with Gasteiger partial charge in [0.15, 0.2) is 17.4 Å². The van der Waals surface area contributed by atoms with Crippen molar-refractivity contribution in [3.8, 4) is 0 Å². The lowest BCUT2D eigenvalue weighted by Gasteiger charge is -2.56. The number of anilines is 1. The van der Waals surface area contributed by atoms with Crippen LogP contribution in [0.15, 0.2) is 47.6 Å². The second kappa shape index (κ2) is 8.38. The van der Waals surface area contributed by atoms with Crippen LogP contribution in [0.25, 0.3) is 0 Å². The number of carbonyl (C=O) groups is 1. The molecule has 0 amide bonds. The summed E-state index contributed by atoms with van der Waals surface area (Å²) in [5.41, 5.74) is 2.60. The molecular formula is C23H25F2N3OS. The summed E-state index contributed by atoms with van der Waals surface area (Å²) < 4.78 is 26.7. The molecule has 1 aromatic carbocycles. The van der Waals surface area contributed by atoms with Crippen LogP contribution >= 0.6 is 11.8 Å². The first kappa shape index (κ1) is 20.8. The van der Waals surface area contributed by atoms with Gasteiger partial charge in [0.05, 0.1) is 5.03 Å². The second-order valence-electron chi connectivity index (χ2n) is 8.22. The fourth-order valence-electron chi connectivity index (χ4n) is 4.45. The third-order valence-corrected chi connectivity index (χ3v) is 6.73. The van der Waals surface area contributed by atoms with E-state index in [4.69, 9.17) is 0 Å². The molecule has 0 bridgehead atoms. The number of likely N-dealkylation sites (tertiary alicyclic amines) is 1.